The van der Waals surface area contributed by atoms with Crippen LogP contribution in [0.15, 0.2) is 24.3 Å². The molecule has 0 bridgehead atoms. The van der Waals surface area contributed by atoms with Crippen LogP contribution in [0.4, 0.5) is 0 Å². The van der Waals surface area contributed by atoms with Crippen molar-refractivity contribution in [1.82, 2.24) is 10.4 Å². The van der Waals surface area contributed by atoms with Crippen LogP contribution in [0.5, 0.6) is 0 Å². The van der Waals surface area contributed by atoms with E-state index in [4.69, 9.17) is 4.84 Å². The third-order valence-corrected chi connectivity index (χ3v) is 3.43. The van der Waals surface area contributed by atoms with Gasteiger partial charge in [0, 0.05) is 6.42 Å². The predicted molar refractivity (Wildman–Crippen MR) is 68.9 cm³/mol. The molecular weight excluding hydrogens is 292 g/mol. The molecule has 1 unspecified atom stereocenters. The van der Waals surface area contributed by atoms with Gasteiger partial charge in [-0.1, -0.05) is 17.2 Å². The molecule has 0 radical (unpaired) electrons. The lowest BCUT2D eigenvalue weighted by molar-refractivity contribution is -0.170. The van der Waals surface area contributed by atoms with Gasteiger partial charge in [0.25, 0.3) is 11.8 Å². The number of imide groups is 2. The van der Waals surface area contributed by atoms with Crippen LogP contribution in [0.1, 0.15) is 33.6 Å². The Balaban J connectivity index is 1.68. The fourth-order valence-electron chi connectivity index (χ4n) is 2.36. The highest BCUT2D eigenvalue weighted by Gasteiger charge is 2.40. The predicted octanol–water partition coefficient (Wildman–Crippen LogP) is -0.206. The second kappa shape index (κ2) is 5.06. The number of nitrogens with zero attached hydrogens (tertiary/aromatic N) is 1. The van der Waals surface area contributed by atoms with E-state index in [1.807, 2.05) is 0 Å². The van der Waals surface area contributed by atoms with E-state index < -0.39 is 35.5 Å². The number of carbonyl (C=O) groups is 5. The summed E-state index contributed by atoms with van der Waals surface area (Å²) in [4.78, 5) is 63.0. The first kappa shape index (κ1) is 13.9. The normalized spacial score (nSPS) is 20.2. The van der Waals surface area contributed by atoms with Gasteiger partial charge in [0.15, 0.2) is 0 Å². The zero-order valence-electron chi connectivity index (χ0n) is 11.2. The van der Waals surface area contributed by atoms with E-state index in [0.717, 1.165) is 0 Å². The average Bonchev–Trinajstić information content (AvgIpc) is 2.91. The molecule has 1 fully saturated rings. The lowest BCUT2D eigenvalue weighted by atomic mass is 10.0. The second-order valence-corrected chi connectivity index (χ2v) is 4.93. The smallest absolute Gasteiger partial charge is 0.330 e. The Morgan fingerprint density at radius 2 is 1.73 bits per heavy atom. The van der Waals surface area contributed by atoms with E-state index >= 15 is 0 Å². The molecule has 1 atom stereocenters. The highest BCUT2D eigenvalue weighted by molar-refractivity contribution is 6.20. The number of hydroxylamine groups is 2. The highest BCUT2D eigenvalue weighted by Crippen LogP contribution is 2.24. The molecule has 0 aromatic heterocycles. The maximum Gasteiger partial charge on any atom is 0.334 e. The van der Waals surface area contributed by atoms with Crippen molar-refractivity contribution < 1.29 is 28.8 Å². The minimum Gasteiger partial charge on any atom is -0.330 e. The first-order chi connectivity index (χ1) is 10.5. The van der Waals surface area contributed by atoms with Gasteiger partial charge in [-0.3, -0.25) is 24.5 Å². The number of hydrogen-bond donors (Lipinski definition) is 1. The average molecular weight is 302 g/mol. The SMILES string of the molecule is O=C1CC(CC(=O)ON2C(=O)c3ccccc3C2=O)C(=O)N1. The standard InChI is InChI=1S/C14H10N2O6/c17-10-5-7(12(19)15-10)6-11(18)22-16-13(20)8-3-1-2-4-9(8)14(16)21/h1-4,7H,5-6H2,(H,15,17,19). The monoisotopic (exact) mass is 302 g/mol. The van der Waals surface area contributed by atoms with E-state index in [1.54, 1.807) is 12.1 Å². The number of rotatable bonds is 3. The van der Waals surface area contributed by atoms with Gasteiger partial charge in [-0.05, 0) is 12.1 Å². The molecule has 112 valence electrons. The minimum atomic E-state index is -0.927. The van der Waals surface area contributed by atoms with Gasteiger partial charge in [-0.15, -0.1) is 0 Å². The van der Waals surface area contributed by atoms with Crippen LogP contribution in [0, 0.1) is 5.92 Å². The molecule has 1 aromatic rings. The Kier molecular flexibility index (Phi) is 3.21. The van der Waals surface area contributed by atoms with Crippen molar-refractivity contribution in [2.75, 3.05) is 0 Å². The molecule has 0 aliphatic carbocycles. The van der Waals surface area contributed by atoms with Crippen molar-refractivity contribution in [3.63, 3.8) is 0 Å². The first-order valence-electron chi connectivity index (χ1n) is 6.49. The van der Waals surface area contributed by atoms with E-state index in [0.29, 0.717) is 5.06 Å². The summed E-state index contributed by atoms with van der Waals surface area (Å²) in [5.41, 5.74) is 0.295. The summed E-state index contributed by atoms with van der Waals surface area (Å²) in [6.07, 6.45) is -0.499. The van der Waals surface area contributed by atoms with Gasteiger partial charge >= 0.3 is 5.97 Å². The van der Waals surface area contributed by atoms with Crippen molar-refractivity contribution >= 4 is 29.6 Å². The van der Waals surface area contributed by atoms with Crippen LogP contribution in [0.2, 0.25) is 0 Å². The highest BCUT2D eigenvalue weighted by atomic mass is 16.7. The number of hydrogen-bond acceptors (Lipinski definition) is 6. The van der Waals surface area contributed by atoms with E-state index in [9.17, 15) is 24.0 Å². The molecule has 1 N–H and O–H groups in total. The fourth-order valence-corrected chi connectivity index (χ4v) is 2.36. The molecule has 8 nitrogen and oxygen atoms in total. The molecule has 0 spiro atoms. The maximum atomic E-state index is 12.0. The topological polar surface area (TPSA) is 110 Å². The van der Waals surface area contributed by atoms with Crippen molar-refractivity contribution in [3.05, 3.63) is 35.4 Å². The molecule has 8 heteroatoms. The van der Waals surface area contributed by atoms with Crippen LogP contribution in [-0.4, -0.2) is 34.7 Å². The molecular formula is C14H10N2O6. The largest absolute Gasteiger partial charge is 0.334 e. The lowest BCUT2D eigenvalue weighted by Gasteiger charge is -2.13. The zero-order chi connectivity index (χ0) is 15.9. The second-order valence-electron chi connectivity index (χ2n) is 4.93. The van der Waals surface area contributed by atoms with Gasteiger partial charge in [0.2, 0.25) is 11.8 Å². The Bertz CT molecular complexity index is 691. The molecule has 4 amide bonds. The lowest BCUT2D eigenvalue weighted by Crippen LogP contribution is -2.33. The first-order valence-corrected chi connectivity index (χ1v) is 6.49. The van der Waals surface area contributed by atoms with Crippen molar-refractivity contribution in [1.29, 1.82) is 0 Å². The maximum absolute atomic E-state index is 12.0. The Labute approximate surface area is 124 Å². The van der Waals surface area contributed by atoms with Gasteiger partial charge < -0.3 is 4.84 Å². The minimum absolute atomic E-state index is 0.115. The number of carbonyl (C=O) groups excluding carboxylic acids is 5. The molecule has 2 heterocycles. The van der Waals surface area contributed by atoms with Crippen LogP contribution >= 0.6 is 0 Å². The third-order valence-electron chi connectivity index (χ3n) is 3.43. The van der Waals surface area contributed by atoms with Crippen LogP contribution < -0.4 is 5.32 Å². The molecule has 3 rings (SSSR count). The third kappa shape index (κ3) is 2.24. The quantitative estimate of drug-likeness (QED) is 0.774. The van der Waals surface area contributed by atoms with Crippen LogP contribution in [0.3, 0.4) is 0 Å². The Hall–Kier alpha value is -3.03. The van der Waals surface area contributed by atoms with Gasteiger partial charge in [-0.25, -0.2) is 4.79 Å². The number of fused-ring (bicyclic) bond motifs is 1. The Morgan fingerprint density at radius 3 is 2.23 bits per heavy atom. The summed E-state index contributed by atoms with van der Waals surface area (Å²) < 4.78 is 0. The van der Waals surface area contributed by atoms with E-state index in [-0.39, 0.29) is 24.0 Å². The summed E-state index contributed by atoms with van der Waals surface area (Å²) in [6, 6.07) is 6.08. The van der Waals surface area contributed by atoms with Crippen molar-refractivity contribution in [2.45, 2.75) is 12.8 Å². The molecule has 2 aliphatic heterocycles. The number of amides is 4. The Morgan fingerprint density at radius 1 is 1.14 bits per heavy atom. The van der Waals surface area contributed by atoms with Crippen LogP contribution in [-0.2, 0) is 19.2 Å². The van der Waals surface area contributed by atoms with Gasteiger partial charge in [-0.2, -0.15) is 0 Å². The summed E-state index contributed by atoms with van der Waals surface area (Å²) in [7, 11) is 0. The molecule has 22 heavy (non-hydrogen) atoms. The summed E-state index contributed by atoms with van der Waals surface area (Å²) in [6.45, 7) is 0. The van der Waals surface area contributed by atoms with Crippen molar-refractivity contribution in [3.8, 4) is 0 Å². The molecule has 1 aromatic carbocycles. The zero-order valence-corrected chi connectivity index (χ0v) is 11.2. The van der Waals surface area contributed by atoms with E-state index in [2.05, 4.69) is 5.32 Å². The number of benzene rings is 1. The van der Waals surface area contributed by atoms with Gasteiger partial charge in [0.1, 0.15) is 0 Å². The molecule has 1 saturated heterocycles. The van der Waals surface area contributed by atoms with Crippen molar-refractivity contribution in [2.24, 2.45) is 5.92 Å². The fraction of sp³-hybridized carbons (Fsp3) is 0.214. The summed E-state index contributed by atoms with van der Waals surface area (Å²) >= 11 is 0. The summed E-state index contributed by atoms with van der Waals surface area (Å²) in [5, 5.41) is 2.44. The molecule has 0 saturated carbocycles. The molecule has 2 aliphatic rings. The van der Waals surface area contributed by atoms with Crippen LogP contribution in [0.25, 0.3) is 0 Å². The summed E-state index contributed by atoms with van der Waals surface area (Å²) in [5.74, 6) is -4.27. The number of nitrogens with one attached hydrogen (secondary N) is 1. The van der Waals surface area contributed by atoms with E-state index in [1.165, 1.54) is 12.1 Å². The van der Waals surface area contributed by atoms with Gasteiger partial charge in [0.05, 0.1) is 23.5 Å².